The molecule has 148 valence electrons. The Hall–Kier alpha value is -2.96. The van der Waals surface area contributed by atoms with Crippen molar-refractivity contribution < 1.29 is 4.42 Å². The Bertz CT molecular complexity index is 1100. The number of nitrogens with zero attached hydrogens (tertiary/aromatic N) is 3. The summed E-state index contributed by atoms with van der Waals surface area (Å²) in [7, 11) is 1.91. The molecule has 2 atom stereocenters. The van der Waals surface area contributed by atoms with Gasteiger partial charge in [0.2, 0.25) is 0 Å². The molecule has 2 aromatic carbocycles. The zero-order valence-electron chi connectivity index (χ0n) is 16.5. The van der Waals surface area contributed by atoms with Gasteiger partial charge in [-0.2, -0.15) is 0 Å². The van der Waals surface area contributed by atoms with Gasteiger partial charge in [0.25, 0.3) is 0 Å². The first-order chi connectivity index (χ1) is 14.3. The van der Waals surface area contributed by atoms with Crippen molar-refractivity contribution in [2.75, 3.05) is 6.54 Å². The first-order valence-corrected chi connectivity index (χ1v) is 10.2. The minimum Gasteiger partial charge on any atom is -0.464 e. The van der Waals surface area contributed by atoms with Gasteiger partial charge < -0.3 is 15.1 Å². The van der Waals surface area contributed by atoms with Crippen LogP contribution >= 0.6 is 0 Å². The minimum absolute atomic E-state index is 0.321. The smallest absolute Gasteiger partial charge is 0.138 e. The summed E-state index contributed by atoms with van der Waals surface area (Å²) in [6.45, 7) is 1.81. The number of nitrogens with one attached hydrogen (secondary N) is 2. The maximum atomic E-state index is 5.81. The van der Waals surface area contributed by atoms with Gasteiger partial charge in [0, 0.05) is 42.2 Å². The molecule has 29 heavy (non-hydrogen) atoms. The molecule has 4 aromatic rings. The summed E-state index contributed by atoms with van der Waals surface area (Å²) in [6, 6.07) is 17.7. The Morgan fingerprint density at radius 3 is 2.93 bits per heavy atom. The molecule has 0 aliphatic carbocycles. The van der Waals surface area contributed by atoms with Gasteiger partial charge in [-0.3, -0.25) is 0 Å². The van der Waals surface area contributed by atoms with Crippen molar-refractivity contribution in [3.63, 3.8) is 0 Å². The monoisotopic (exact) mass is 387 g/mol. The molecule has 0 spiro atoms. The molecule has 5 rings (SSSR count). The number of furan rings is 1. The standard InChI is InChI=1S/C23H25N5O/c1-28-21(15-26-27-28)18-12-17-9-11-29-23(17)19(13-18)14-25-20-8-5-10-24-22(20)16-6-3-2-4-7-16/h2-4,6-7,9,11-13,15,20,22,24-25H,5,8,10,14H2,1H3/t20-,22-/m0/s1. The topological polar surface area (TPSA) is 67.9 Å². The number of hydrogen-bond donors (Lipinski definition) is 2. The molecule has 0 saturated carbocycles. The maximum Gasteiger partial charge on any atom is 0.138 e. The lowest BCUT2D eigenvalue weighted by atomic mass is 9.92. The molecule has 1 aliphatic heterocycles. The van der Waals surface area contributed by atoms with Crippen LogP contribution in [0.1, 0.15) is 30.0 Å². The average molecular weight is 387 g/mol. The summed E-state index contributed by atoms with van der Waals surface area (Å²) in [5.74, 6) is 0. The molecular weight excluding hydrogens is 362 g/mol. The Balaban J connectivity index is 1.42. The second-order valence-electron chi connectivity index (χ2n) is 7.69. The largest absolute Gasteiger partial charge is 0.464 e. The van der Waals surface area contributed by atoms with Crippen LogP contribution < -0.4 is 10.6 Å². The van der Waals surface area contributed by atoms with Crippen LogP contribution in [0.3, 0.4) is 0 Å². The highest BCUT2D eigenvalue weighted by atomic mass is 16.3. The van der Waals surface area contributed by atoms with E-state index in [0.717, 1.165) is 47.3 Å². The normalized spacial score (nSPS) is 19.6. The fraction of sp³-hybridized carbons (Fsp3) is 0.304. The van der Waals surface area contributed by atoms with Crippen LogP contribution in [0.4, 0.5) is 0 Å². The van der Waals surface area contributed by atoms with Crippen molar-refractivity contribution in [3.05, 3.63) is 72.1 Å². The third kappa shape index (κ3) is 3.57. The molecule has 1 aliphatic rings. The van der Waals surface area contributed by atoms with E-state index in [9.17, 15) is 0 Å². The van der Waals surface area contributed by atoms with Gasteiger partial charge in [-0.25, -0.2) is 4.68 Å². The lowest BCUT2D eigenvalue weighted by Gasteiger charge is -2.34. The summed E-state index contributed by atoms with van der Waals surface area (Å²) in [4.78, 5) is 0. The predicted molar refractivity (Wildman–Crippen MR) is 113 cm³/mol. The quantitative estimate of drug-likeness (QED) is 0.545. The summed E-state index contributed by atoms with van der Waals surface area (Å²) < 4.78 is 7.61. The van der Waals surface area contributed by atoms with Crippen LogP contribution in [0, 0.1) is 0 Å². The molecule has 2 N–H and O–H groups in total. The zero-order chi connectivity index (χ0) is 19.6. The molecule has 1 fully saturated rings. The molecule has 6 nitrogen and oxygen atoms in total. The number of benzene rings is 2. The number of hydrogen-bond acceptors (Lipinski definition) is 5. The van der Waals surface area contributed by atoms with Gasteiger partial charge in [-0.05, 0) is 43.1 Å². The van der Waals surface area contributed by atoms with E-state index in [0.29, 0.717) is 12.1 Å². The van der Waals surface area contributed by atoms with Crippen LogP contribution in [0.5, 0.6) is 0 Å². The Kier molecular flexibility index (Phi) is 4.87. The van der Waals surface area contributed by atoms with E-state index in [1.807, 2.05) is 13.1 Å². The van der Waals surface area contributed by atoms with Crippen LogP contribution in [-0.4, -0.2) is 27.6 Å². The summed E-state index contributed by atoms with van der Waals surface area (Å²) >= 11 is 0. The van der Waals surface area contributed by atoms with Gasteiger partial charge in [0.1, 0.15) is 5.58 Å². The molecule has 0 bridgehead atoms. The number of fused-ring (bicyclic) bond motifs is 1. The first-order valence-electron chi connectivity index (χ1n) is 10.2. The highest BCUT2D eigenvalue weighted by Crippen LogP contribution is 2.29. The van der Waals surface area contributed by atoms with Gasteiger partial charge >= 0.3 is 0 Å². The van der Waals surface area contributed by atoms with E-state index in [-0.39, 0.29) is 0 Å². The average Bonchev–Trinajstić information content (AvgIpc) is 3.41. The minimum atomic E-state index is 0.321. The van der Waals surface area contributed by atoms with Crippen molar-refractivity contribution in [3.8, 4) is 11.3 Å². The highest BCUT2D eigenvalue weighted by molar-refractivity contribution is 5.85. The number of aryl methyl sites for hydroxylation is 1. The fourth-order valence-electron chi connectivity index (χ4n) is 4.35. The van der Waals surface area contributed by atoms with Crippen molar-refractivity contribution in [2.45, 2.75) is 31.5 Å². The van der Waals surface area contributed by atoms with Crippen molar-refractivity contribution in [1.82, 2.24) is 25.6 Å². The molecule has 6 heteroatoms. The predicted octanol–water partition coefficient (Wildman–Crippen LogP) is 3.81. The molecule has 2 aromatic heterocycles. The van der Waals surface area contributed by atoms with E-state index < -0.39 is 0 Å². The van der Waals surface area contributed by atoms with E-state index in [1.54, 1.807) is 17.1 Å². The van der Waals surface area contributed by atoms with Gasteiger partial charge in [-0.15, -0.1) is 5.10 Å². The SMILES string of the molecule is Cn1nncc1-c1cc(CN[C@H]2CCCN[C@H]2c2ccccc2)c2occc2c1. The van der Waals surface area contributed by atoms with Gasteiger partial charge in [0.05, 0.1) is 18.2 Å². The van der Waals surface area contributed by atoms with E-state index >= 15 is 0 Å². The summed E-state index contributed by atoms with van der Waals surface area (Å²) in [5, 5.41) is 16.7. The number of piperidine rings is 1. The Labute approximate surface area is 169 Å². The van der Waals surface area contributed by atoms with Crippen LogP contribution in [-0.2, 0) is 13.6 Å². The van der Waals surface area contributed by atoms with Gasteiger partial charge in [0.15, 0.2) is 0 Å². The zero-order valence-corrected chi connectivity index (χ0v) is 16.5. The molecule has 0 unspecified atom stereocenters. The third-order valence-corrected chi connectivity index (χ3v) is 5.81. The molecule has 0 amide bonds. The number of aromatic nitrogens is 3. The fourth-order valence-corrected chi connectivity index (χ4v) is 4.35. The lowest BCUT2D eigenvalue weighted by molar-refractivity contribution is 0.304. The molecule has 0 radical (unpaired) electrons. The second kappa shape index (κ2) is 7.81. The van der Waals surface area contributed by atoms with Crippen molar-refractivity contribution in [2.24, 2.45) is 7.05 Å². The molecule has 3 heterocycles. The van der Waals surface area contributed by atoms with Crippen molar-refractivity contribution >= 4 is 11.0 Å². The summed E-state index contributed by atoms with van der Waals surface area (Å²) in [6.07, 6.45) is 5.89. The Morgan fingerprint density at radius 1 is 1.21 bits per heavy atom. The highest BCUT2D eigenvalue weighted by Gasteiger charge is 2.26. The summed E-state index contributed by atoms with van der Waals surface area (Å²) in [5.41, 5.74) is 5.53. The van der Waals surface area contributed by atoms with E-state index in [4.69, 9.17) is 4.42 Å². The van der Waals surface area contributed by atoms with Crippen LogP contribution in [0.2, 0.25) is 0 Å². The van der Waals surface area contributed by atoms with Crippen LogP contribution in [0.25, 0.3) is 22.2 Å². The van der Waals surface area contributed by atoms with Gasteiger partial charge in [-0.1, -0.05) is 35.5 Å². The lowest BCUT2D eigenvalue weighted by Crippen LogP contribution is -2.45. The van der Waals surface area contributed by atoms with Crippen LogP contribution in [0.15, 0.2) is 65.4 Å². The molecular formula is C23H25N5O. The number of rotatable bonds is 5. The first kappa shape index (κ1) is 18.1. The Morgan fingerprint density at radius 2 is 2.10 bits per heavy atom. The van der Waals surface area contributed by atoms with Crippen molar-refractivity contribution in [1.29, 1.82) is 0 Å². The third-order valence-electron chi connectivity index (χ3n) is 5.81. The van der Waals surface area contributed by atoms with E-state index in [1.165, 1.54) is 12.0 Å². The maximum absolute atomic E-state index is 5.81. The molecule has 1 saturated heterocycles. The van der Waals surface area contributed by atoms with E-state index in [2.05, 4.69) is 63.4 Å². The second-order valence-corrected chi connectivity index (χ2v) is 7.69.